The standard InChI is InChI=1S/C5H13N3/c6-2-5-1-4(7)3-8-5/h4-5,8H,1-3,6-7H2/t4-,5-/m1/s1. The van der Waals surface area contributed by atoms with Gasteiger partial charge in [0, 0.05) is 25.2 Å². The van der Waals surface area contributed by atoms with Gasteiger partial charge in [0.05, 0.1) is 0 Å². The zero-order valence-corrected chi connectivity index (χ0v) is 4.93. The predicted molar refractivity (Wildman–Crippen MR) is 33.4 cm³/mol. The SMILES string of the molecule is NC[C@H]1C[C@@H](N)CN1. The number of rotatable bonds is 1. The molecule has 0 spiro atoms. The smallest absolute Gasteiger partial charge is 0.0206 e. The van der Waals surface area contributed by atoms with Crippen molar-refractivity contribution in [1.82, 2.24) is 5.32 Å². The van der Waals surface area contributed by atoms with Crippen molar-refractivity contribution in [3.05, 3.63) is 0 Å². The lowest BCUT2D eigenvalue weighted by molar-refractivity contribution is 0.610. The van der Waals surface area contributed by atoms with E-state index in [0.717, 1.165) is 13.0 Å². The van der Waals surface area contributed by atoms with Crippen LogP contribution in [0.4, 0.5) is 0 Å². The topological polar surface area (TPSA) is 64.1 Å². The molecule has 0 unspecified atom stereocenters. The van der Waals surface area contributed by atoms with Crippen LogP contribution in [0.25, 0.3) is 0 Å². The molecule has 2 atom stereocenters. The molecule has 0 radical (unpaired) electrons. The molecule has 1 aliphatic rings. The van der Waals surface area contributed by atoms with Crippen LogP contribution in [-0.4, -0.2) is 25.2 Å². The molecule has 1 heterocycles. The van der Waals surface area contributed by atoms with Crippen molar-refractivity contribution in [3.8, 4) is 0 Å². The van der Waals surface area contributed by atoms with Gasteiger partial charge in [-0.3, -0.25) is 0 Å². The molecule has 0 aromatic rings. The van der Waals surface area contributed by atoms with E-state index in [1.165, 1.54) is 0 Å². The van der Waals surface area contributed by atoms with Crippen molar-refractivity contribution >= 4 is 0 Å². The van der Waals surface area contributed by atoms with Crippen LogP contribution in [0.1, 0.15) is 6.42 Å². The van der Waals surface area contributed by atoms with Crippen LogP contribution in [0.3, 0.4) is 0 Å². The molecule has 1 saturated heterocycles. The summed E-state index contributed by atoms with van der Waals surface area (Å²) in [5.74, 6) is 0. The van der Waals surface area contributed by atoms with Crippen molar-refractivity contribution in [1.29, 1.82) is 0 Å². The minimum absolute atomic E-state index is 0.337. The quantitative estimate of drug-likeness (QED) is 0.395. The van der Waals surface area contributed by atoms with E-state index in [2.05, 4.69) is 5.32 Å². The third-order valence-corrected chi connectivity index (χ3v) is 1.54. The molecule has 0 aliphatic carbocycles. The summed E-state index contributed by atoms with van der Waals surface area (Å²) < 4.78 is 0. The lowest BCUT2D eigenvalue weighted by Crippen LogP contribution is -2.29. The first kappa shape index (κ1) is 6.01. The first-order valence-electron chi connectivity index (χ1n) is 3.02. The van der Waals surface area contributed by atoms with Crippen LogP contribution < -0.4 is 16.8 Å². The van der Waals surface area contributed by atoms with E-state index in [4.69, 9.17) is 11.5 Å². The lowest BCUT2D eigenvalue weighted by Gasteiger charge is -2.02. The molecule has 48 valence electrons. The fourth-order valence-corrected chi connectivity index (χ4v) is 1.03. The van der Waals surface area contributed by atoms with Crippen molar-refractivity contribution in [2.24, 2.45) is 11.5 Å². The van der Waals surface area contributed by atoms with E-state index < -0.39 is 0 Å². The summed E-state index contributed by atoms with van der Waals surface area (Å²) in [6.07, 6.45) is 1.04. The van der Waals surface area contributed by atoms with Crippen LogP contribution in [0.5, 0.6) is 0 Å². The highest BCUT2D eigenvalue weighted by Crippen LogP contribution is 2.00. The van der Waals surface area contributed by atoms with E-state index >= 15 is 0 Å². The molecule has 0 bridgehead atoms. The van der Waals surface area contributed by atoms with E-state index in [-0.39, 0.29) is 0 Å². The van der Waals surface area contributed by atoms with Gasteiger partial charge in [0.15, 0.2) is 0 Å². The van der Waals surface area contributed by atoms with Gasteiger partial charge >= 0.3 is 0 Å². The number of nitrogens with two attached hydrogens (primary N) is 2. The zero-order valence-electron chi connectivity index (χ0n) is 4.93. The van der Waals surface area contributed by atoms with E-state index in [1.807, 2.05) is 0 Å². The number of hydrogen-bond donors (Lipinski definition) is 3. The second-order valence-corrected chi connectivity index (χ2v) is 2.34. The molecular weight excluding hydrogens is 102 g/mol. The maximum atomic E-state index is 5.58. The monoisotopic (exact) mass is 115 g/mol. The Morgan fingerprint density at radius 3 is 2.62 bits per heavy atom. The Labute approximate surface area is 49.4 Å². The van der Waals surface area contributed by atoms with Gasteiger partial charge in [-0.15, -0.1) is 0 Å². The number of nitrogens with one attached hydrogen (secondary N) is 1. The van der Waals surface area contributed by atoms with Crippen LogP contribution in [-0.2, 0) is 0 Å². The summed E-state index contributed by atoms with van der Waals surface area (Å²) in [6, 6.07) is 0.813. The Hall–Kier alpha value is -0.120. The second-order valence-electron chi connectivity index (χ2n) is 2.34. The molecule has 0 aromatic carbocycles. The first-order chi connectivity index (χ1) is 3.83. The summed E-state index contributed by atoms with van der Waals surface area (Å²) in [5.41, 5.74) is 11.0. The fraction of sp³-hybridized carbons (Fsp3) is 1.00. The van der Waals surface area contributed by atoms with Gasteiger partial charge in [-0.1, -0.05) is 0 Å². The Morgan fingerprint density at radius 1 is 1.62 bits per heavy atom. The Bertz CT molecular complexity index is 74.1. The molecule has 1 fully saturated rings. The summed E-state index contributed by atoms with van der Waals surface area (Å²) in [5, 5.41) is 3.21. The molecular formula is C5H13N3. The molecule has 0 amide bonds. The highest BCUT2D eigenvalue weighted by Gasteiger charge is 2.18. The average molecular weight is 115 g/mol. The summed E-state index contributed by atoms with van der Waals surface area (Å²) in [6.45, 7) is 1.65. The molecule has 1 aliphatic heterocycles. The minimum Gasteiger partial charge on any atom is -0.329 e. The molecule has 3 heteroatoms. The van der Waals surface area contributed by atoms with E-state index in [0.29, 0.717) is 18.6 Å². The van der Waals surface area contributed by atoms with Crippen LogP contribution >= 0.6 is 0 Å². The van der Waals surface area contributed by atoms with E-state index in [9.17, 15) is 0 Å². The summed E-state index contributed by atoms with van der Waals surface area (Å²) in [7, 11) is 0. The maximum absolute atomic E-state index is 5.58. The first-order valence-corrected chi connectivity index (χ1v) is 3.02. The largest absolute Gasteiger partial charge is 0.329 e. The Balaban J connectivity index is 2.22. The third kappa shape index (κ3) is 1.18. The third-order valence-electron chi connectivity index (χ3n) is 1.54. The summed E-state index contributed by atoms with van der Waals surface area (Å²) in [4.78, 5) is 0. The van der Waals surface area contributed by atoms with Crippen LogP contribution in [0, 0.1) is 0 Å². The van der Waals surface area contributed by atoms with Crippen molar-refractivity contribution in [3.63, 3.8) is 0 Å². The van der Waals surface area contributed by atoms with Gasteiger partial charge in [-0.2, -0.15) is 0 Å². The predicted octanol–water partition coefficient (Wildman–Crippen LogP) is -1.37. The highest BCUT2D eigenvalue weighted by atomic mass is 15.0. The number of hydrogen-bond acceptors (Lipinski definition) is 3. The van der Waals surface area contributed by atoms with Gasteiger partial charge in [0.2, 0.25) is 0 Å². The zero-order chi connectivity index (χ0) is 5.98. The maximum Gasteiger partial charge on any atom is 0.0206 e. The Kier molecular flexibility index (Phi) is 1.83. The van der Waals surface area contributed by atoms with Gasteiger partial charge in [0.25, 0.3) is 0 Å². The minimum atomic E-state index is 0.337. The van der Waals surface area contributed by atoms with Gasteiger partial charge in [-0.05, 0) is 6.42 Å². The van der Waals surface area contributed by atoms with Gasteiger partial charge in [0.1, 0.15) is 0 Å². The van der Waals surface area contributed by atoms with Crippen molar-refractivity contribution in [2.75, 3.05) is 13.1 Å². The molecule has 3 nitrogen and oxygen atoms in total. The lowest BCUT2D eigenvalue weighted by atomic mass is 10.2. The molecule has 1 rings (SSSR count). The van der Waals surface area contributed by atoms with Gasteiger partial charge in [-0.25, -0.2) is 0 Å². The normalized spacial score (nSPS) is 38.2. The molecule has 5 N–H and O–H groups in total. The fourth-order valence-electron chi connectivity index (χ4n) is 1.03. The van der Waals surface area contributed by atoms with Crippen molar-refractivity contribution < 1.29 is 0 Å². The van der Waals surface area contributed by atoms with E-state index in [1.54, 1.807) is 0 Å². The van der Waals surface area contributed by atoms with Crippen LogP contribution in [0.15, 0.2) is 0 Å². The molecule has 0 saturated carbocycles. The molecule has 0 aromatic heterocycles. The Morgan fingerprint density at radius 2 is 2.38 bits per heavy atom. The van der Waals surface area contributed by atoms with Crippen LogP contribution in [0.2, 0.25) is 0 Å². The second kappa shape index (κ2) is 2.44. The van der Waals surface area contributed by atoms with Gasteiger partial charge < -0.3 is 16.8 Å². The van der Waals surface area contributed by atoms with Crippen molar-refractivity contribution in [2.45, 2.75) is 18.5 Å². The average Bonchev–Trinajstić information content (AvgIpc) is 2.14. The summed E-state index contributed by atoms with van der Waals surface area (Å²) >= 11 is 0. The molecule has 8 heavy (non-hydrogen) atoms. The highest BCUT2D eigenvalue weighted by molar-refractivity contribution is 4.83.